The second kappa shape index (κ2) is 10.7. The molecule has 0 N–H and O–H groups in total. The number of benzene rings is 3. The van der Waals surface area contributed by atoms with E-state index in [1.807, 2.05) is 0 Å². The van der Waals surface area contributed by atoms with Gasteiger partial charge in [0.15, 0.2) is 11.6 Å². The van der Waals surface area contributed by atoms with E-state index in [2.05, 4.69) is 5.18 Å². The van der Waals surface area contributed by atoms with Gasteiger partial charge in [-0.25, -0.2) is 17.6 Å². The van der Waals surface area contributed by atoms with E-state index < -0.39 is 40.9 Å². The van der Waals surface area contributed by atoms with Crippen molar-refractivity contribution in [1.82, 2.24) is 4.57 Å². The molecule has 1 aliphatic rings. The number of pyridine rings is 1. The van der Waals surface area contributed by atoms with Gasteiger partial charge in [0.2, 0.25) is 0 Å². The number of hydrogen-bond acceptors (Lipinski definition) is 5. The maximum atomic E-state index is 15.5. The summed E-state index contributed by atoms with van der Waals surface area (Å²) in [7, 11) is 1.30. The monoisotopic (exact) mass is 554 g/mol. The summed E-state index contributed by atoms with van der Waals surface area (Å²) in [5.74, 6) is -2.63. The number of aromatic nitrogens is 1. The lowest BCUT2D eigenvalue weighted by Gasteiger charge is -2.23. The fraction of sp³-hybridized carbons (Fsp3) is 0.207. The van der Waals surface area contributed by atoms with Crippen LogP contribution in [0.2, 0.25) is 0 Å². The number of fused-ring (bicyclic) bond motifs is 1. The van der Waals surface area contributed by atoms with Crippen LogP contribution in [0.15, 0.2) is 75.7 Å². The molecule has 0 saturated heterocycles. The number of thioether (sulfide) groups is 1. The average molecular weight is 555 g/mol. The smallest absolute Gasteiger partial charge is 0.260 e. The number of nitroso groups, excluding NO2 is 1. The topological polar surface area (TPSA) is 60.7 Å². The van der Waals surface area contributed by atoms with Crippen LogP contribution < -0.4 is 10.3 Å². The Morgan fingerprint density at radius 1 is 1.00 bits per heavy atom. The van der Waals surface area contributed by atoms with Gasteiger partial charge >= 0.3 is 0 Å². The highest BCUT2D eigenvalue weighted by atomic mass is 32.2. The van der Waals surface area contributed by atoms with E-state index in [-0.39, 0.29) is 34.6 Å². The maximum absolute atomic E-state index is 15.5. The summed E-state index contributed by atoms with van der Waals surface area (Å²) in [6, 6.07) is 11.3. The van der Waals surface area contributed by atoms with E-state index in [0.29, 0.717) is 21.7 Å². The van der Waals surface area contributed by atoms with Gasteiger partial charge in [0.05, 0.1) is 23.7 Å². The highest BCUT2D eigenvalue weighted by Crippen LogP contribution is 2.45. The van der Waals surface area contributed by atoms with Crippen LogP contribution in [0.5, 0.6) is 5.75 Å². The number of halogens is 4. The standard InChI is InChI=1S/C29H22F4N2O3S/c1-15-19(13-20-21(31)6-4-7-22(20)32)29-35(28(36)25(15)18-5-3-8-24(38-2)26(18)33)23(14-39-29)27(34-37)16-9-11-17(30)12-10-16/h3-12,23,27H,13-14H2,1-2H3. The molecule has 2 unspecified atom stereocenters. The van der Waals surface area contributed by atoms with E-state index in [9.17, 15) is 22.9 Å². The molecule has 0 spiro atoms. The largest absolute Gasteiger partial charge is 0.494 e. The molecule has 0 bridgehead atoms. The molecular weight excluding hydrogens is 532 g/mol. The lowest BCUT2D eigenvalue weighted by Crippen LogP contribution is -2.30. The van der Waals surface area contributed by atoms with E-state index in [1.54, 1.807) is 6.92 Å². The first-order valence-electron chi connectivity index (χ1n) is 12.0. The van der Waals surface area contributed by atoms with Crippen LogP contribution in [0, 0.1) is 35.1 Å². The van der Waals surface area contributed by atoms with Crippen molar-refractivity contribution in [3.63, 3.8) is 0 Å². The second-order valence-electron chi connectivity index (χ2n) is 9.14. The summed E-state index contributed by atoms with van der Waals surface area (Å²) in [5, 5.41) is 3.67. The van der Waals surface area contributed by atoms with Crippen molar-refractivity contribution in [2.24, 2.45) is 5.18 Å². The summed E-state index contributed by atoms with van der Waals surface area (Å²) in [6.07, 6.45) is -0.214. The van der Waals surface area contributed by atoms with Crippen LogP contribution in [-0.4, -0.2) is 17.4 Å². The van der Waals surface area contributed by atoms with E-state index >= 15 is 4.39 Å². The van der Waals surface area contributed by atoms with Gasteiger partial charge in [-0.15, -0.1) is 11.8 Å². The Hall–Kier alpha value is -3.92. The van der Waals surface area contributed by atoms with Crippen LogP contribution in [0.3, 0.4) is 0 Å². The molecule has 5 rings (SSSR count). The van der Waals surface area contributed by atoms with Gasteiger partial charge in [-0.3, -0.25) is 9.36 Å². The van der Waals surface area contributed by atoms with Crippen molar-refractivity contribution >= 4 is 11.8 Å². The third kappa shape index (κ3) is 4.63. The van der Waals surface area contributed by atoms with Crippen molar-refractivity contribution in [2.75, 3.05) is 12.9 Å². The quantitative estimate of drug-likeness (QED) is 0.180. The van der Waals surface area contributed by atoms with Crippen LogP contribution in [0.4, 0.5) is 17.6 Å². The van der Waals surface area contributed by atoms with Gasteiger partial charge < -0.3 is 4.74 Å². The molecule has 39 heavy (non-hydrogen) atoms. The number of ether oxygens (including phenoxy) is 1. The van der Waals surface area contributed by atoms with Gasteiger partial charge in [0, 0.05) is 23.3 Å². The van der Waals surface area contributed by atoms with Gasteiger partial charge in [0.25, 0.3) is 5.56 Å². The maximum Gasteiger partial charge on any atom is 0.260 e. The Morgan fingerprint density at radius 3 is 2.31 bits per heavy atom. The van der Waals surface area contributed by atoms with Gasteiger partial charge in [0.1, 0.15) is 23.5 Å². The Balaban J connectivity index is 1.78. The molecule has 4 aromatic rings. The minimum Gasteiger partial charge on any atom is -0.494 e. The highest BCUT2D eigenvalue weighted by Gasteiger charge is 2.37. The molecule has 200 valence electrons. The van der Waals surface area contributed by atoms with Crippen LogP contribution in [0.1, 0.15) is 34.3 Å². The molecule has 5 nitrogen and oxygen atoms in total. The van der Waals surface area contributed by atoms with E-state index in [0.717, 1.165) is 12.1 Å². The fourth-order valence-corrected chi connectivity index (χ4v) is 6.45. The van der Waals surface area contributed by atoms with Crippen LogP contribution in [0.25, 0.3) is 11.1 Å². The molecule has 1 aliphatic heterocycles. The summed E-state index contributed by atoms with van der Waals surface area (Å²) >= 11 is 1.25. The molecular formula is C29H22F4N2O3S. The molecule has 0 amide bonds. The molecule has 10 heteroatoms. The molecule has 3 aromatic carbocycles. The highest BCUT2D eigenvalue weighted by molar-refractivity contribution is 7.99. The SMILES string of the molecule is COc1cccc(-c2c(C)c(Cc3c(F)cccc3F)c3n(c2=O)C(C(N=O)c2ccc(F)cc2)CS3)c1F. The third-order valence-corrected chi connectivity index (χ3v) is 8.24. The van der Waals surface area contributed by atoms with Crippen molar-refractivity contribution in [3.05, 3.63) is 121 Å². The lowest BCUT2D eigenvalue weighted by atomic mass is 9.93. The zero-order valence-electron chi connectivity index (χ0n) is 20.9. The minimum absolute atomic E-state index is 0.0156. The van der Waals surface area contributed by atoms with Crippen molar-refractivity contribution in [3.8, 4) is 16.9 Å². The van der Waals surface area contributed by atoms with Crippen LogP contribution >= 0.6 is 11.8 Å². The predicted octanol–water partition coefficient (Wildman–Crippen LogP) is 7.13. The molecule has 1 aromatic heterocycles. The Labute approximate surface area is 225 Å². The first-order chi connectivity index (χ1) is 18.8. The van der Waals surface area contributed by atoms with Gasteiger partial charge in [-0.2, -0.15) is 4.91 Å². The van der Waals surface area contributed by atoms with Crippen molar-refractivity contribution in [2.45, 2.75) is 30.5 Å². The molecule has 2 atom stereocenters. The molecule has 0 radical (unpaired) electrons. The second-order valence-corrected chi connectivity index (χ2v) is 10.1. The summed E-state index contributed by atoms with van der Waals surface area (Å²) in [6.45, 7) is 1.61. The fourth-order valence-electron chi connectivity index (χ4n) is 5.04. The number of hydrogen-bond donors (Lipinski definition) is 0. The summed E-state index contributed by atoms with van der Waals surface area (Å²) in [5.41, 5.74) is 0.324. The zero-order chi connectivity index (χ0) is 27.8. The Bertz CT molecular complexity index is 1620. The number of nitrogens with zero attached hydrogens (tertiary/aromatic N) is 2. The average Bonchev–Trinajstić information content (AvgIpc) is 3.35. The van der Waals surface area contributed by atoms with E-state index in [4.69, 9.17) is 4.74 Å². The van der Waals surface area contributed by atoms with Gasteiger partial charge in [-0.1, -0.05) is 35.5 Å². The third-order valence-electron chi connectivity index (χ3n) is 7.02. The van der Waals surface area contributed by atoms with E-state index in [1.165, 1.54) is 72.0 Å². The lowest BCUT2D eigenvalue weighted by molar-refractivity contribution is 0.387. The molecule has 0 saturated carbocycles. The Morgan fingerprint density at radius 2 is 1.67 bits per heavy atom. The van der Waals surface area contributed by atoms with Crippen molar-refractivity contribution in [1.29, 1.82) is 0 Å². The minimum atomic E-state index is -1.07. The zero-order valence-corrected chi connectivity index (χ0v) is 21.7. The number of rotatable bonds is 7. The number of methoxy groups -OCH3 is 1. The summed E-state index contributed by atoms with van der Waals surface area (Å²) < 4.78 is 65.0. The van der Waals surface area contributed by atoms with Crippen LogP contribution in [-0.2, 0) is 6.42 Å². The first-order valence-corrected chi connectivity index (χ1v) is 13.0. The summed E-state index contributed by atoms with van der Waals surface area (Å²) in [4.78, 5) is 26.2. The van der Waals surface area contributed by atoms with Crippen molar-refractivity contribution < 1.29 is 22.3 Å². The molecule has 2 heterocycles. The van der Waals surface area contributed by atoms with Gasteiger partial charge in [-0.05, 0) is 53.9 Å². The normalized spacial score (nSPS) is 15.2. The first kappa shape index (κ1) is 26.7. The molecule has 0 aliphatic carbocycles. The predicted molar refractivity (Wildman–Crippen MR) is 141 cm³/mol. The molecule has 0 fully saturated rings. The Kier molecular flexibility index (Phi) is 7.31.